The molecular formula is C9H9F4N. The first kappa shape index (κ1) is 11.0. The molecule has 1 unspecified atom stereocenters. The standard InChI is InChI=1S/C9H9F4N/c1-5(14)7-3-2-6(4-8(7)10)9(11,12)13/h2-5H,14H2,1H3. The molecule has 5 heteroatoms. The SMILES string of the molecule is CC(N)c1ccc(C(F)(F)F)cc1F. The zero-order chi connectivity index (χ0) is 10.9. The van der Waals surface area contributed by atoms with Gasteiger partial charge in [-0.25, -0.2) is 4.39 Å². The van der Waals surface area contributed by atoms with Crippen molar-refractivity contribution in [1.29, 1.82) is 0 Å². The van der Waals surface area contributed by atoms with Gasteiger partial charge in [0.2, 0.25) is 0 Å². The largest absolute Gasteiger partial charge is 0.416 e. The molecular weight excluding hydrogens is 198 g/mol. The Morgan fingerprint density at radius 1 is 1.29 bits per heavy atom. The molecule has 1 nitrogen and oxygen atoms in total. The summed E-state index contributed by atoms with van der Waals surface area (Å²) in [5.41, 5.74) is 4.43. The second-order valence-electron chi connectivity index (χ2n) is 3.02. The predicted molar refractivity (Wildman–Crippen MR) is 44.0 cm³/mol. The first-order valence-corrected chi connectivity index (χ1v) is 3.94. The fourth-order valence-electron chi connectivity index (χ4n) is 1.07. The lowest BCUT2D eigenvalue weighted by Crippen LogP contribution is -2.10. The van der Waals surface area contributed by atoms with Crippen molar-refractivity contribution < 1.29 is 17.6 Å². The Hall–Kier alpha value is -1.10. The summed E-state index contributed by atoms with van der Waals surface area (Å²) in [4.78, 5) is 0. The molecule has 14 heavy (non-hydrogen) atoms. The van der Waals surface area contributed by atoms with Crippen molar-refractivity contribution >= 4 is 0 Å². The van der Waals surface area contributed by atoms with Gasteiger partial charge in [-0.05, 0) is 19.1 Å². The van der Waals surface area contributed by atoms with Gasteiger partial charge < -0.3 is 5.73 Å². The molecule has 0 spiro atoms. The van der Waals surface area contributed by atoms with Gasteiger partial charge in [0, 0.05) is 11.6 Å². The third kappa shape index (κ3) is 2.23. The van der Waals surface area contributed by atoms with Crippen LogP contribution in [0.1, 0.15) is 24.1 Å². The van der Waals surface area contributed by atoms with Crippen LogP contribution < -0.4 is 5.73 Å². The summed E-state index contributed by atoms with van der Waals surface area (Å²) < 4.78 is 49.4. The van der Waals surface area contributed by atoms with Gasteiger partial charge in [0.15, 0.2) is 0 Å². The van der Waals surface area contributed by atoms with Crippen LogP contribution in [0, 0.1) is 5.82 Å². The molecule has 1 aromatic rings. The topological polar surface area (TPSA) is 26.0 Å². The van der Waals surface area contributed by atoms with E-state index in [0.29, 0.717) is 6.07 Å². The van der Waals surface area contributed by atoms with Gasteiger partial charge in [-0.1, -0.05) is 6.07 Å². The van der Waals surface area contributed by atoms with Gasteiger partial charge in [0.1, 0.15) is 5.82 Å². The summed E-state index contributed by atoms with van der Waals surface area (Å²) in [6, 6.07) is 1.72. The second-order valence-corrected chi connectivity index (χ2v) is 3.02. The molecule has 1 atom stereocenters. The van der Waals surface area contributed by atoms with E-state index in [9.17, 15) is 17.6 Å². The van der Waals surface area contributed by atoms with Gasteiger partial charge in [0.05, 0.1) is 5.56 Å². The van der Waals surface area contributed by atoms with Crippen LogP contribution in [-0.4, -0.2) is 0 Å². The van der Waals surface area contributed by atoms with Crippen LogP contribution in [-0.2, 0) is 6.18 Å². The quantitative estimate of drug-likeness (QED) is 0.704. The average molecular weight is 207 g/mol. The maximum Gasteiger partial charge on any atom is 0.416 e. The smallest absolute Gasteiger partial charge is 0.324 e. The van der Waals surface area contributed by atoms with Gasteiger partial charge in [-0.3, -0.25) is 0 Å². The third-order valence-corrected chi connectivity index (χ3v) is 1.82. The zero-order valence-electron chi connectivity index (χ0n) is 7.40. The summed E-state index contributed by atoms with van der Waals surface area (Å²) in [6.45, 7) is 1.51. The Morgan fingerprint density at radius 3 is 2.21 bits per heavy atom. The molecule has 0 fully saturated rings. The molecule has 0 aliphatic heterocycles. The molecule has 0 aliphatic carbocycles. The van der Waals surface area contributed by atoms with E-state index in [1.807, 2.05) is 0 Å². The predicted octanol–water partition coefficient (Wildman–Crippen LogP) is 2.86. The van der Waals surface area contributed by atoms with Crippen molar-refractivity contribution in [2.75, 3.05) is 0 Å². The molecule has 0 saturated heterocycles. The van der Waals surface area contributed by atoms with E-state index >= 15 is 0 Å². The minimum Gasteiger partial charge on any atom is -0.324 e. The second kappa shape index (κ2) is 3.57. The third-order valence-electron chi connectivity index (χ3n) is 1.82. The molecule has 0 heterocycles. The van der Waals surface area contributed by atoms with Crippen LogP contribution in [0.5, 0.6) is 0 Å². The number of nitrogens with two attached hydrogens (primary N) is 1. The van der Waals surface area contributed by atoms with E-state index in [1.165, 1.54) is 6.92 Å². The lowest BCUT2D eigenvalue weighted by molar-refractivity contribution is -0.137. The summed E-state index contributed by atoms with van der Waals surface area (Å²) in [7, 11) is 0. The maximum atomic E-state index is 13.1. The van der Waals surface area contributed by atoms with Gasteiger partial charge in [-0.15, -0.1) is 0 Å². The fourth-order valence-corrected chi connectivity index (χ4v) is 1.07. The highest BCUT2D eigenvalue weighted by Gasteiger charge is 2.31. The molecule has 0 amide bonds. The summed E-state index contributed by atoms with van der Waals surface area (Å²) in [5.74, 6) is -0.921. The lowest BCUT2D eigenvalue weighted by atomic mass is 10.1. The highest BCUT2D eigenvalue weighted by atomic mass is 19.4. The van der Waals surface area contributed by atoms with Crippen LogP contribution in [0.4, 0.5) is 17.6 Å². The molecule has 2 N–H and O–H groups in total. The van der Waals surface area contributed by atoms with E-state index in [-0.39, 0.29) is 5.56 Å². The van der Waals surface area contributed by atoms with E-state index in [1.54, 1.807) is 0 Å². The molecule has 0 radical (unpaired) electrons. The summed E-state index contributed by atoms with van der Waals surface area (Å²) in [6.07, 6.45) is -4.52. The number of hydrogen-bond acceptors (Lipinski definition) is 1. The number of benzene rings is 1. The Bertz CT molecular complexity index is 330. The van der Waals surface area contributed by atoms with E-state index in [2.05, 4.69) is 0 Å². The van der Waals surface area contributed by atoms with Crippen LogP contribution in [0.25, 0.3) is 0 Å². The van der Waals surface area contributed by atoms with Crippen LogP contribution >= 0.6 is 0 Å². The number of halogens is 4. The van der Waals surface area contributed by atoms with Crippen molar-refractivity contribution in [3.63, 3.8) is 0 Å². The molecule has 0 saturated carbocycles. The fraction of sp³-hybridized carbons (Fsp3) is 0.333. The van der Waals surface area contributed by atoms with Crippen LogP contribution in [0.15, 0.2) is 18.2 Å². The highest BCUT2D eigenvalue weighted by molar-refractivity contribution is 5.27. The van der Waals surface area contributed by atoms with Gasteiger partial charge >= 0.3 is 6.18 Å². The van der Waals surface area contributed by atoms with Gasteiger partial charge in [0.25, 0.3) is 0 Å². The lowest BCUT2D eigenvalue weighted by Gasteiger charge is -2.10. The van der Waals surface area contributed by atoms with Crippen LogP contribution in [0.2, 0.25) is 0 Å². The zero-order valence-corrected chi connectivity index (χ0v) is 7.40. The minimum absolute atomic E-state index is 0.0815. The number of alkyl halides is 3. The van der Waals surface area contributed by atoms with Crippen molar-refractivity contribution in [3.05, 3.63) is 35.1 Å². The maximum absolute atomic E-state index is 13.1. The monoisotopic (exact) mass is 207 g/mol. The number of rotatable bonds is 1. The first-order chi connectivity index (χ1) is 6.32. The Labute approximate surface area is 78.5 Å². The van der Waals surface area contributed by atoms with Crippen molar-refractivity contribution in [2.45, 2.75) is 19.1 Å². The van der Waals surface area contributed by atoms with Crippen molar-refractivity contribution in [2.24, 2.45) is 5.73 Å². The Morgan fingerprint density at radius 2 is 1.86 bits per heavy atom. The number of hydrogen-bond donors (Lipinski definition) is 1. The van der Waals surface area contributed by atoms with E-state index < -0.39 is 23.6 Å². The molecule has 0 bridgehead atoms. The summed E-state index contributed by atoms with van der Waals surface area (Å²) in [5, 5.41) is 0. The normalized spacial score (nSPS) is 14.1. The summed E-state index contributed by atoms with van der Waals surface area (Å²) >= 11 is 0. The van der Waals surface area contributed by atoms with Gasteiger partial charge in [-0.2, -0.15) is 13.2 Å². The first-order valence-electron chi connectivity index (χ1n) is 3.94. The average Bonchev–Trinajstić information content (AvgIpc) is 2.01. The highest BCUT2D eigenvalue weighted by Crippen LogP contribution is 2.30. The minimum atomic E-state index is -4.52. The molecule has 0 aliphatic rings. The van der Waals surface area contributed by atoms with E-state index in [0.717, 1.165) is 12.1 Å². The Balaban J connectivity index is 3.13. The van der Waals surface area contributed by atoms with Crippen molar-refractivity contribution in [1.82, 2.24) is 0 Å². The van der Waals surface area contributed by atoms with E-state index in [4.69, 9.17) is 5.73 Å². The molecule has 1 rings (SSSR count). The molecule has 78 valence electrons. The molecule has 1 aromatic carbocycles. The van der Waals surface area contributed by atoms with Crippen LogP contribution in [0.3, 0.4) is 0 Å². The van der Waals surface area contributed by atoms with Crippen molar-refractivity contribution in [3.8, 4) is 0 Å². The molecule has 0 aromatic heterocycles. The Kier molecular flexibility index (Phi) is 2.80.